The highest BCUT2D eigenvalue weighted by Crippen LogP contribution is 2.31. The minimum absolute atomic E-state index is 0.0000794. The Balaban J connectivity index is 1.95. The van der Waals surface area contributed by atoms with Gasteiger partial charge in [0, 0.05) is 12.8 Å². The molecule has 33 heavy (non-hydrogen) atoms. The average Bonchev–Trinajstić information content (AvgIpc) is 2.73. The molecule has 0 saturated carbocycles. The maximum absolute atomic E-state index is 12.4. The molecule has 0 radical (unpaired) electrons. The van der Waals surface area contributed by atoms with E-state index in [0.717, 1.165) is 0 Å². The number of fused-ring (bicyclic) bond motifs is 1. The van der Waals surface area contributed by atoms with Gasteiger partial charge in [-0.15, -0.1) is 0 Å². The number of halogens is 3. The molecule has 0 fully saturated rings. The number of benzene rings is 1. The zero-order valence-corrected chi connectivity index (χ0v) is 18.4. The van der Waals surface area contributed by atoms with Gasteiger partial charge in [-0.3, -0.25) is 9.59 Å². The first-order valence-electron chi connectivity index (χ1n) is 10.7. The molecule has 1 aliphatic heterocycles. The van der Waals surface area contributed by atoms with Gasteiger partial charge in [-0.1, -0.05) is 26.0 Å². The van der Waals surface area contributed by atoms with Crippen LogP contribution in [-0.4, -0.2) is 48.9 Å². The maximum Gasteiger partial charge on any atom is 0.547 e. The summed E-state index contributed by atoms with van der Waals surface area (Å²) in [4.78, 5) is 36.2. The molecule has 2 N–H and O–H groups in total. The zero-order valence-electron chi connectivity index (χ0n) is 18.4. The summed E-state index contributed by atoms with van der Waals surface area (Å²) in [5.41, 5.74) is 0.490. The number of alkyl halides is 3. The van der Waals surface area contributed by atoms with Crippen molar-refractivity contribution in [3.05, 3.63) is 29.3 Å². The van der Waals surface area contributed by atoms with Crippen LogP contribution in [0, 0.1) is 5.92 Å². The molecule has 1 aromatic rings. The van der Waals surface area contributed by atoms with Gasteiger partial charge in [0.15, 0.2) is 0 Å². The van der Waals surface area contributed by atoms with Crippen molar-refractivity contribution in [2.24, 2.45) is 5.92 Å². The van der Waals surface area contributed by atoms with Crippen LogP contribution in [0.1, 0.15) is 61.9 Å². The normalized spacial score (nSPS) is 15.5. The van der Waals surface area contributed by atoms with Crippen LogP contribution in [0.4, 0.5) is 13.2 Å². The van der Waals surface area contributed by atoms with Crippen molar-refractivity contribution in [2.45, 2.75) is 64.5 Å². The van der Waals surface area contributed by atoms with Gasteiger partial charge < -0.3 is 24.5 Å². The summed E-state index contributed by atoms with van der Waals surface area (Å²) in [5.74, 6) is -3.07. The molecule has 0 unspecified atom stereocenters. The zero-order chi connectivity index (χ0) is 24.6. The molecule has 1 amide bonds. The number of hydrogen-bond acceptors (Lipinski definition) is 7. The topological polar surface area (TPSA) is 111 Å². The molecule has 182 valence electrons. The standard InChI is InChI=1S/C21H27BF3NO7/c1-3-13(4-2)19(28)31-12-32-20(29)15-8-5-7-14-11-16(22(30)33-18(14)15)26-17(27)9-6-10-21(23,24)25/h5,7-8,13,16,30H,3-4,6,9-12H2,1-2H3,(H,26,27)/t16-/m0/s1. The Morgan fingerprint density at radius 1 is 1.24 bits per heavy atom. The smallest absolute Gasteiger partial charge is 0.534 e. The van der Waals surface area contributed by atoms with Crippen LogP contribution in [0.3, 0.4) is 0 Å². The minimum Gasteiger partial charge on any atom is -0.534 e. The molecular weight excluding hydrogens is 446 g/mol. The second-order valence-electron chi connectivity index (χ2n) is 7.68. The highest BCUT2D eigenvalue weighted by atomic mass is 19.4. The Morgan fingerprint density at radius 2 is 1.94 bits per heavy atom. The van der Waals surface area contributed by atoms with Crippen LogP contribution >= 0.6 is 0 Å². The first-order valence-corrected chi connectivity index (χ1v) is 10.7. The number of rotatable bonds is 10. The van der Waals surface area contributed by atoms with E-state index in [1.165, 1.54) is 6.07 Å². The van der Waals surface area contributed by atoms with Crippen LogP contribution in [0.15, 0.2) is 18.2 Å². The minimum atomic E-state index is -4.34. The van der Waals surface area contributed by atoms with Gasteiger partial charge >= 0.3 is 25.2 Å². The van der Waals surface area contributed by atoms with Crippen molar-refractivity contribution >= 4 is 25.0 Å². The van der Waals surface area contributed by atoms with E-state index in [1.807, 2.05) is 13.8 Å². The molecular formula is C21H27BF3NO7. The van der Waals surface area contributed by atoms with Crippen molar-refractivity contribution in [3.8, 4) is 5.75 Å². The van der Waals surface area contributed by atoms with E-state index in [0.29, 0.717) is 18.4 Å². The molecule has 8 nitrogen and oxygen atoms in total. The summed E-state index contributed by atoms with van der Waals surface area (Å²) in [6.45, 7) is 3.12. The summed E-state index contributed by atoms with van der Waals surface area (Å²) in [6.07, 6.45) is -4.85. The Bertz CT molecular complexity index is 846. The molecule has 1 aliphatic rings. The van der Waals surface area contributed by atoms with Crippen LogP contribution in [0.2, 0.25) is 0 Å². The van der Waals surface area contributed by atoms with Crippen molar-refractivity contribution in [2.75, 3.05) is 6.79 Å². The first-order chi connectivity index (χ1) is 15.6. The van der Waals surface area contributed by atoms with E-state index in [4.69, 9.17) is 14.1 Å². The monoisotopic (exact) mass is 473 g/mol. The highest BCUT2D eigenvalue weighted by molar-refractivity contribution is 6.47. The quantitative estimate of drug-likeness (QED) is 0.305. The number of amides is 1. The fourth-order valence-electron chi connectivity index (χ4n) is 3.40. The Hall–Kier alpha value is -2.76. The van der Waals surface area contributed by atoms with Crippen molar-refractivity contribution in [1.82, 2.24) is 5.32 Å². The fraction of sp³-hybridized carbons (Fsp3) is 0.571. The molecule has 1 atom stereocenters. The summed E-state index contributed by atoms with van der Waals surface area (Å²) in [6, 6.07) is 4.58. The number of carbonyl (C=O) groups excluding carboxylic acids is 3. The molecule has 0 saturated heterocycles. The third kappa shape index (κ3) is 7.95. The second kappa shape index (κ2) is 11.9. The van der Waals surface area contributed by atoms with E-state index < -0.39 is 50.3 Å². The van der Waals surface area contributed by atoms with Crippen molar-refractivity contribution in [1.29, 1.82) is 0 Å². The maximum atomic E-state index is 12.4. The Morgan fingerprint density at radius 3 is 2.58 bits per heavy atom. The number of nitrogens with one attached hydrogen (secondary N) is 1. The van der Waals surface area contributed by atoms with E-state index in [-0.39, 0.29) is 36.5 Å². The fourth-order valence-corrected chi connectivity index (χ4v) is 3.40. The molecule has 0 spiro atoms. The predicted molar refractivity (Wildman–Crippen MR) is 111 cm³/mol. The van der Waals surface area contributed by atoms with E-state index in [1.54, 1.807) is 12.1 Å². The molecule has 1 aromatic carbocycles. The molecule has 2 rings (SSSR count). The number of hydrogen-bond donors (Lipinski definition) is 2. The summed E-state index contributed by atoms with van der Waals surface area (Å²) >= 11 is 0. The molecule has 0 aliphatic carbocycles. The lowest BCUT2D eigenvalue weighted by Crippen LogP contribution is -2.53. The molecule has 0 bridgehead atoms. The predicted octanol–water partition coefficient (Wildman–Crippen LogP) is 2.95. The van der Waals surface area contributed by atoms with E-state index in [9.17, 15) is 32.6 Å². The van der Waals surface area contributed by atoms with Gasteiger partial charge in [0.25, 0.3) is 0 Å². The third-order valence-corrected chi connectivity index (χ3v) is 5.26. The van der Waals surface area contributed by atoms with Gasteiger partial charge in [-0.2, -0.15) is 13.2 Å². The number of esters is 2. The lowest BCUT2D eigenvalue weighted by molar-refractivity contribution is -0.157. The van der Waals surface area contributed by atoms with Crippen LogP contribution in [-0.2, 0) is 25.5 Å². The summed E-state index contributed by atoms with van der Waals surface area (Å²) < 4.78 is 52.1. The SMILES string of the molecule is CCC(CC)C(=O)OCOC(=O)c1cccc2c1OB(O)[C@@H](NC(=O)CCCC(F)(F)F)C2. The van der Waals surface area contributed by atoms with Gasteiger partial charge in [0.1, 0.15) is 11.3 Å². The Kier molecular flexibility index (Phi) is 9.57. The van der Waals surface area contributed by atoms with Crippen LogP contribution in [0.25, 0.3) is 0 Å². The number of ether oxygens (including phenoxy) is 2. The third-order valence-electron chi connectivity index (χ3n) is 5.26. The van der Waals surface area contributed by atoms with Gasteiger partial charge in [-0.25, -0.2) is 4.79 Å². The lowest BCUT2D eigenvalue weighted by Gasteiger charge is -2.29. The number of para-hydroxylation sites is 1. The lowest BCUT2D eigenvalue weighted by atomic mass is 9.72. The van der Waals surface area contributed by atoms with E-state index >= 15 is 0 Å². The highest BCUT2D eigenvalue weighted by Gasteiger charge is 2.38. The van der Waals surface area contributed by atoms with Crippen LogP contribution in [0.5, 0.6) is 5.75 Å². The van der Waals surface area contributed by atoms with Gasteiger partial charge in [0.2, 0.25) is 12.7 Å². The van der Waals surface area contributed by atoms with Crippen molar-refractivity contribution in [3.63, 3.8) is 0 Å². The average molecular weight is 473 g/mol. The Labute approximate surface area is 189 Å². The van der Waals surface area contributed by atoms with Crippen molar-refractivity contribution < 1.29 is 46.7 Å². The molecule has 1 heterocycles. The van der Waals surface area contributed by atoms with Gasteiger partial charge in [-0.05, 0) is 37.3 Å². The van der Waals surface area contributed by atoms with Crippen LogP contribution < -0.4 is 9.97 Å². The van der Waals surface area contributed by atoms with Gasteiger partial charge in [0.05, 0.1) is 11.9 Å². The number of carbonyl (C=O) groups is 3. The molecule has 0 aromatic heterocycles. The summed E-state index contributed by atoms with van der Waals surface area (Å²) in [7, 11) is -1.52. The largest absolute Gasteiger partial charge is 0.547 e. The molecule has 12 heteroatoms. The summed E-state index contributed by atoms with van der Waals surface area (Å²) in [5, 5.41) is 12.7. The first kappa shape index (κ1) is 26.5. The second-order valence-corrected chi connectivity index (χ2v) is 7.68. The van der Waals surface area contributed by atoms with E-state index in [2.05, 4.69) is 5.32 Å².